The van der Waals surface area contributed by atoms with E-state index in [0.29, 0.717) is 0 Å². The molecule has 1 atom stereocenters. The van der Waals surface area contributed by atoms with Gasteiger partial charge in [0.2, 0.25) is 5.78 Å². The zero-order chi connectivity index (χ0) is 11.2. The summed E-state index contributed by atoms with van der Waals surface area (Å²) in [5.41, 5.74) is -0.816. The quantitative estimate of drug-likeness (QED) is 0.406. The molecule has 0 radical (unpaired) electrons. The lowest BCUT2D eigenvalue weighted by molar-refractivity contribution is -0.385. The Kier molecular flexibility index (Phi) is 1.87. The molecule has 1 aliphatic rings. The highest BCUT2D eigenvalue weighted by Gasteiger charge is 2.41. The number of hydrogen-bond donors (Lipinski definition) is 1. The minimum Gasteiger partial charge on any atom is -0.377 e. The molecule has 0 fully saturated rings. The number of hydrogen-bond acceptors (Lipinski definition) is 5. The Morgan fingerprint density at radius 3 is 2.53 bits per heavy atom. The average molecular weight is 207 g/mol. The van der Waals surface area contributed by atoms with E-state index in [1.807, 2.05) is 0 Å². The van der Waals surface area contributed by atoms with Crippen LogP contribution < -0.4 is 0 Å². The van der Waals surface area contributed by atoms with Crippen molar-refractivity contribution in [2.75, 3.05) is 0 Å². The number of nitro benzene ring substituents is 1. The van der Waals surface area contributed by atoms with Crippen molar-refractivity contribution >= 4 is 17.3 Å². The minimum atomic E-state index is -1.79. The second kappa shape index (κ2) is 2.96. The molecule has 0 amide bonds. The summed E-state index contributed by atoms with van der Waals surface area (Å²) in [5.74, 6) is -1.68. The van der Waals surface area contributed by atoms with E-state index in [2.05, 4.69) is 0 Å². The molecule has 0 aromatic heterocycles. The topological polar surface area (TPSA) is 97.5 Å². The first-order valence-corrected chi connectivity index (χ1v) is 4.08. The smallest absolute Gasteiger partial charge is 0.281 e. The van der Waals surface area contributed by atoms with Crippen molar-refractivity contribution in [3.63, 3.8) is 0 Å². The van der Waals surface area contributed by atoms with Crippen LogP contribution in [0.1, 0.15) is 20.7 Å². The Morgan fingerprint density at radius 2 is 1.93 bits per heavy atom. The van der Waals surface area contributed by atoms with E-state index in [4.69, 9.17) is 0 Å². The Balaban J connectivity index is 2.74. The largest absolute Gasteiger partial charge is 0.377 e. The second-order valence-corrected chi connectivity index (χ2v) is 3.09. The van der Waals surface area contributed by atoms with Crippen molar-refractivity contribution in [3.8, 4) is 0 Å². The molecule has 1 aromatic rings. The summed E-state index contributed by atoms with van der Waals surface area (Å²) in [6, 6.07) is 3.72. The van der Waals surface area contributed by atoms with Gasteiger partial charge in [-0.25, -0.2) is 0 Å². The Labute approximate surface area is 83.3 Å². The Hall–Kier alpha value is -2.08. The van der Waals surface area contributed by atoms with Crippen molar-refractivity contribution in [2.45, 2.75) is 6.10 Å². The molecule has 6 heteroatoms. The van der Waals surface area contributed by atoms with E-state index in [0.717, 1.165) is 6.07 Å². The van der Waals surface area contributed by atoms with E-state index in [9.17, 15) is 24.8 Å². The van der Waals surface area contributed by atoms with Crippen LogP contribution in [0.4, 0.5) is 5.69 Å². The molecule has 15 heavy (non-hydrogen) atoms. The Morgan fingerprint density at radius 1 is 1.27 bits per heavy atom. The number of ketones is 2. The highest BCUT2D eigenvalue weighted by Crippen LogP contribution is 2.30. The number of carbonyl (C=O) groups excluding carboxylic acids is 2. The fourth-order valence-corrected chi connectivity index (χ4v) is 1.56. The van der Waals surface area contributed by atoms with Crippen LogP contribution in [-0.2, 0) is 0 Å². The van der Waals surface area contributed by atoms with Gasteiger partial charge in [-0.3, -0.25) is 19.7 Å². The van der Waals surface area contributed by atoms with E-state index in [-0.39, 0.29) is 11.1 Å². The molecule has 0 saturated heterocycles. The average Bonchev–Trinajstić information content (AvgIpc) is 2.44. The first kappa shape index (κ1) is 9.47. The fourth-order valence-electron chi connectivity index (χ4n) is 1.56. The number of rotatable bonds is 1. The van der Waals surface area contributed by atoms with E-state index in [1.54, 1.807) is 0 Å². The molecule has 6 nitrogen and oxygen atoms in total. The third kappa shape index (κ3) is 1.15. The first-order chi connectivity index (χ1) is 7.04. The summed E-state index contributed by atoms with van der Waals surface area (Å²) in [4.78, 5) is 32.5. The van der Waals surface area contributed by atoms with Crippen molar-refractivity contribution in [1.29, 1.82) is 0 Å². The number of nitrogens with zero attached hydrogens (tertiary/aromatic N) is 1. The van der Waals surface area contributed by atoms with Crippen molar-refractivity contribution in [2.24, 2.45) is 0 Å². The van der Waals surface area contributed by atoms with Crippen LogP contribution in [0.5, 0.6) is 0 Å². The molecule has 2 rings (SSSR count). The zero-order valence-corrected chi connectivity index (χ0v) is 7.34. The third-order valence-electron chi connectivity index (χ3n) is 2.25. The zero-order valence-electron chi connectivity index (χ0n) is 7.34. The lowest BCUT2D eigenvalue weighted by Crippen LogP contribution is -2.20. The highest BCUT2D eigenvalue weighted by molar-refractivity contribution is 6.29. The first-order valence-electron chi connectivity index (χ1n) is 4.08. The molecular weight excluding hydrogens is 202 g/mol. The molecule has 76 valence electrons. The van der Waals surface area contributed by atoms with Gasteiger partial charge in [0.05, 0.1) is 4.92 Å². The molecule has 1 aromatic carbocycles. The monoisotopic (exact) mass is 207 g/mol. The number of nitro groups is 1. The van der Waals surface area contributed by atoms with Crippen LogP contribution in [0.25, 0.3) is 0 Å². The lowest BCUT2D eigenvalue weighted by atomic mass is 10.1. The SMILES string of the molecule is O=C1c2cccc([N+](=O)[O-])c2C(=O)C1O. The van der Waals surface area contributed by atoms with Gasteiger partial charge in [0, 0.05) is 11.6 Å². The summed E-state index contributed by atoms with van der Waals surface area (Å²) in [6.07, 6.45) is -1.79. The van der Waals surface area contributed by atoms with E-state index < -0.39 is 28.3 Å². The van der Waals surface area contributed by atoms with Gasteiger partial charge in [0.1, 0.15) is 5.56 Å². The minimum absolute atomic E-state index is 0.0818. The summed E-state index contributed by atoms with van der Waals surface area (Å²) >= 11 is 0. The number of benzene rings is 1. The molecule has 1 unspecified atom stereocenters. The predicted molar refractivity (Wildman–Crippen MR) is 47.8 cm³/mol. The number of carbonyl (C=O) groups is 2. The van der Waals surface area contributed by atoms with Crippen LogP contribution in [0.3, 0.4) is 0 Å². The number of aliphatic hydroxyl groups excluding tert-OH is 1. The van der Waals surface area contributed by atoms with Gasteiger partial charge in [-0.15, -0.1) is 0 Å². The highest BCUT2D eigenvalue weighted by atomic mass is 16.6. The van der Waals surface area contributed by atoms with Gasteiger partial charge in [-0.2, -0.15) is 0 Å². The molecule has 0 spiro atoms. The molecule has 0 bridgehead atoms. The van der Waals surface area contributed by atoms with Gasteiger partial charge in [-0.05, 0) is 0 Å². The van der Waals surface area contributed by atoms with Gasteiger partial charge in [0.15, 0.2) is 11.9 Å². The molecule has 1 aliphatic carbocycles. The molecule has 1 N–H and O–H groups in total. The van der Waals surface area contributed by atoms with Gasteiger partial charge in [0.25, 0.3) is 5.69 Å². The van der Waals surface area contributed by atoms with Crippen LogP contribution in [0.2, 0.25) is 0 Å². The van der Waals surface area contributed by atoms with Crippen LogP contribution in [-0.4, -0.2) is 27.7 Å². The fraction of sp³-hybridized carbons (Fsp3) is 0.111. The van der Waals surface area contributed by atoms with Gasteiger partial charge < -0.3 is 5.11 Å². The van der Waals surface area contributed by atoms with Crippen molar-refractivity contribution in [1.82, 2.24) is 0 Å². The molecular formula is C9H5NO5. The lowest BCUT2D eigenvalue weighted by Gasteiger charge is -1.96. The molecule has 0 aliphatic heterocycles. The van der Waals surface area contributed by atoms with Crippen LogP contribution in [0, 0.1) is 10.1 Å². The standard InChI is InChI=1S/C9H5NO5/c11-7-4-2-1-3-5(10(14)15)6(4)8(12)9(7)13/h1-3,9,13H. The number of fused-ring (bicyclic) bond motifs is 1. The van der Waals surface area contributed by atoms with E-state index >= 15 is 0 Å². The maximum atomic E-state index is 11.4. The summed E-state index contributed by atoms with van der Waals surface area (Å²) in [6.45, 7) is 0. The third-order valence-corrected chi connectivity index (χ3v) is 2.25. The summed E-state index contributed by atoms with van der Waals surface area (Å²) in [5, 5.41) is 19.8. The van der Waals surface area contributed by atoms with Crippen molar-refractivity contribution in [3.05, 3.63) is 39.4 Å². The molecule has 0 heterocycles. The van der Waals surface area contributed by atoms with Crippen molar-refractivity contribution < 1.29 is 19.6 Å². The maximum Gasteiger partial charge on any atom is 0.281 e. The summed E-state index contributed by atoms with van der Waals surface area (Å²) < 4.78 is 0. The van der Waals surface area contributed by atoms with E-state index in [1.165, 1.54) is 12.1 Å². The normalized spacial score (nSPS) is 19.1. The van der Waals surface area contributed by atoms with Crippen LogP contribution >= 0.6 is 0 Å². The second-order valence-electron chi connectivity index (χ2n) is 3.09. The Bertz CT molecular complexity index is 493. The number of aliphatic hydroxyl groups is 1. The predicted octanol–water partition coefficient (Wildman–Crippen LogP) is 0.335. The van der Waals surface area contributed by atoms with Gasteiger partial charge >= 0.3 is 0 Å². The number of Topliss-reactive ketones (excluding diaryl/α,β-unsaturated/α-hetero) is 2. The summed E-state index contributed by atoms with van der Waals surface area (Å²) in [7, 11) is 0. The van der Waals surface area contributed by atoms with Gasteiger partial charge in [-0.1, -0.05) is 12.1 Å². The maximum absolute atomic E-state index is 11.4. The van der Waals surface area contributed by atoms with Crippen LogP contribution in [0.15, 0.2) is 18.2 Å². The molecule has 0 saturated carbocycles.